The fourth-order valence-electron chi connectivity index (χ4n) is 3.93. The number of imide groups is 1. The summed E-state index contributed by atoms with van der Waals surface area (Å²) in [6.45, 7) is 2.56. The van der Waals surface area contributed by atoms with Crippen LogP contribution >= 0.6 is 11.6 Å². The van der Waals surface area contributed by atoms with E-state index in [1.54, 1.807) is 67.0 Å². The number of carbonyl (C=O) groups is 3. The van der Waals surface area contributed by atoms with Gasteiger partial charge in [-0.15, -0.1) is 0 Å². The molecule has 1 aromatic heterocycles. The normalized spacial score (nSPS) is 15.5. The first-order chi connectivity index (χ1) is 16.5. The van der Waals surface area contributed by atoms with Gasteiger partial charge in [-0.25, -0.2) is 4.90 Å². The van der Waals surface area contributed by atoms with Crippen LogP contribution in [0.4, 0.5) is 5.69 Å². The molecule has 174 valence electrons. The van der Waals surface area contributed by atoms with Gasteiger partial charge in [0, 0.05) is 24.0 Å². The molecule has 1 atom stereocenters. The first-order valence-electron chi connectivity index (χ1n) is 11.0. The molecule has 3 aromatic rings. The van der Waals surface area contributed by atoms with Crippen LogP contribution < -0.4 is 9.64 Å². The van der Waals surface area contributed by atoms with Crippen LogP contribution in [-0.4, -0.2) is 40.3 Å². The van der Waals surface area contributed by atoms with Gasteiger partial charge in [-0.3, -0.25) is 19.4 Å². The van der Waals surface area contributed by atoms with E-state index in [1.165, 1.54) is 4.90 Å². The summed E-state index contributed by atoms with van der Waals surface area (Å²) in [5.74, 6) is -0.388. The quantitative estimate of drug-likeness (QED) is 0.457. The van der Waals surface area contributed by atoms with Gasteiger partial charge in [-0.1, -0.05) is 29.8 Å². The second kappa shape index (κ2) is 10.5. The average Bonchev–Trinajstić information content (AvgIpc) is 3.14. The first kappa shape index (κ1) is 23.4. The molecule has 0 spiro atoms. The summed E-state index contributed by atoms with van der Waals surface area (Å²) in [7, 11) is 0. The molecule has 0 bridgehead atoms. The number of benzene rings is 2. The zero-order chi connectivity index (χ0) is 24.1. The molecule has 1 saturated heterocycles. The first-order valence-corrected chi connectivity index (χ1v) is 11.4. The predicted molar refractivity (Wildman–Crippen MR) is 128 cm³/mol. The number of nitrogens with zero attached hydrogens (tertiary/aromatic N) is 3. The highest BCUT2D eigenvalue weighted by molar-refractivity contribution is 6.30. The number of aromatic nitrogens is 1. The zero-order valence-corrected chi connectivity index (χ0v) is 19.4. The van der Waals surface area contributed by atoms with Crippen molar-refractivity contribution >= 4 is 35.0 Å². The minimum absolute atomic E-state index is 0.0818. The number of anilines is 1. The molecule has 0 N–H and O–H groups in total. The lowest BCUT2D eigenvalue weighted by Gasteiger charge is -2.28. The van der Waals surface area contributed by atoms with Crippen molar-refractivity contribution in [3.8, 4) is 5.75 Å². The van der Waals surface area contributed by atoms with Crippen molar-refractivity contribution in [2.45, 2.75) is 32.4 Å². The lowest BCUT2D eigenvalue weighted by atomic mass is 10.1. The summed E-state index contributed by atoms with van der Waals surface area (Å²) < 4.78 is 5.44. The van der Waals surface area contributed by atoms with Crippen molar-refractivity contribution in [3.05, 3.63) is 89.2 Å². The van der Waals surface area contributed by atoms with E-state index in [0.29, 0.717) is 23.1 Å². The lowest BCUT2D eigenvalue weighted by molar-refractivity contribution is -0.138. The van der Waals surface area contributed by atoms with Gasteiger partial charge in [0.1, 0.15) is 11.8 Å². The summed E-state index contributed by atoms with van der Waals surface area (Å²) in [5, 5.41) is 0.575. The highest BCUT2D eigenvalue weighted by Gasteiger charge is 2.44. The van der Waals surface area contributed by atoms with Crippen LogP contribution in [0.5, 0.6) is 5.75 Å². The Morgan fingerprint density at radius 3 is 2.47 bits per heavy atom. The minimum Gasteiger partial charge on any atom is -0.494 e. The van der Waals surface area contributed by atoms with Crippen molar-refractivity contribution in [1.82, 2.24) is 9.88 Å². The number of amides is 3. The fourth-order valence-corrected chi connectivity index (χ4v) is 4.05. The predicted octanol–water partition coefficient (Wildman–Crippen LogP) is 4.04. The number of hydrogen-bond acceptors (Lipinski definition) is 5. The van der Waals surface area contributed by atoms with E-state index in [2.05, 4.69) is 4.98 Å². The fraction of sp³-hybridized carbons (Fsp3) is 0.231. The molecule has 0 aliphatic carbocycles. The van der Waals surface area contributed by atoms with E-state index in [0.717, 1.165) is 16.0 Å². The van der Waals surface area contributed by atoms with E-state index >= 15 is 0 Å². The third-order valence-corrected chi connectivity index (χ3v) is 5.82. The molecule has 1 aliphatic rings. The molecule has 34 heavy (non-hydrogen) atoms. The molecule has 0 saturated carbocycles. The van der Waals surface area contributed by atoms with Gasteiger partial charge in [-0.2, -0.15) is 0 Å². The topological polar surface area (TPSA) is 79.8 Å². The monoisotopic (exact) mass is 477 g/mol. The summed E-state index contributed by atoms with van der Waals surface area (Å²) in [6, 6.07) is 16.4. The Morgan fingerprint density at radius 1 is 1.09 bits per heavy atom. The van der Waals surface area contributed by atoms with E-state index in [-0.39, 0.29) is 31.2 Å². The molecule has 0 radical (unpaired) electrons. The van der Waals surface area contributed by atoms with Crippen molar-refractivity contribution in [2.24, 2.45) is 0 Å². The average molecular weight is 478 g/mol. The Morgan fingerprint density at radius 2 is 1.82 bits per heavy atom. The number of carbonyl (C=O) groups excluding carboxylic acids is 3. The van der Waals surface area contributed by atoms with Crippen LogP contribution in [0.25, 0.3) is 0 Å². The van der Waals surface area contributed by atoms with Gasteiger partial charge in [0.15, 0.2) is 0 Å². The molecule has 2 aromatic carbocycles. The summed E-state index contributed by atoms with van der Waals surface area (Å²) in [4.78, 5) is 46.4. The van der Waals surface area contributed by atoms with Gasteiger partial charge in [0.25, 0.3) is 5.91 Å². The maximum absolute atomic E-state index is 13.4. The van der Waals surface area contributed by atoms with Crippen LogP contribution in [-0.2, 0) is 27.3 Å². The number of rotatable bonds is 8. The van der Waals surface area contributed by atoms with E-state index in [4.69, 9.17) is 16.3 Å². The van der Waals surface area contributed by atoms with Gasteiger partial charge >= 0.3 is 0 Å². The maximum Gasteiger partial charge on any atom is 0.257 e. The molecule has 1 fully saturated rings. The standard InChI is InChI=1S/C26H24ClN3O4/c1-2-34-22-11-9-21(10-12-22)30-25(32)15-23(26(30)33)29(17-19-4-3-13-28-16-19)24(31)14-18-5-7-20(27)8-6-18/h3-13,16,23H,2,14-15,17H2,1H3. The molecule has 4 rings (SSSR count). The van der Waals surface area contributed by atoms with E-state index < -0.39 is 11.9 Å². The van der Waals surface area contributed by atoms with Crippen LogP contribution in [0.2, 0.25) is 5.02 Å². The summed E-state index contributed by atoms with van der Waals surface area (Å²) in [5.41, 5.74) is 1.99. The largest absolute Gasteiger partial charge is 0.494 e. The molecular formula is C26H24ClN3O4. The molecule has 8 heteroatoms. The second-order valence-electron chi connectivity index (χ2n) is 7.90. The Hall–Kier alpha value is -3.71. The smallest absolute Gasteiger partial charge is 0.257 e. The maximum atomic E-state index is 13.4. The number of ether oxygens (including phenoxy) is 1. The Kier molecular flexibility index (Phi) is 7.23. The number of pyridine rings is 1. The van der Waals surface area contributed by atoms with Crippen molar-refractivity contribution in [1.29, 1.82) is 0 Å². The Balaban J connectivity index is 1.59. The molecule has 2 heterocycles. The van der Waals surface area contributed by atoms with Crippen molar-refractivity contribution < 1.29 is 19.1 Å². The molecular weight excluding hydrogens is 454 g/mol. The van der Waals surface area contributed by atoms with E-state index in [1.807, 2.05) is 13.0 Å². The summed E-state index contributed by atoms with van der Waals surface area (Å²) >= 11 is 5.96. The zero-order valence-electron chi connectivity index (χ0n) is 18.7. The molecule has 1 aliphatic heterocycles. The van der Waals surface area contributed by atoms with Gasteiger partial charge in [-0.05, 0) is 60.5 Å². The third-order valence-electron chi connectivity index (χ3n) is 5.57. The number of halogens is 1. The Labute approximate surface area is 202 Å². The summed E-state index contributed by atoms with van der Waals surface area (Å²) in [6.07, 6.45) is 3.28. The van der Waals surface area contributed by atoms with Crippen LogP contribution in [0.3, 0.4) is 0 Å². The van der Waals surface area contributed by atoms with Crippen LogP contribution in [0, 0.1) is 0 Å². The second-order valence-corrected chi connectivity index (χ2v) is 8.34. The van der Waals surface area contributed by atoms with Crippen molar-refractivity contribution in [3.63, 3.8) is 0 Å². The van der Waals surface area contributed by atoms with Crippen molar-refractivity contribution in [2.75, 3.05) is 11.5 Å². The lowest BCUT2D eigenvalue weighted by Crippen LogP contribution is -2.45. The Bertz CT molecular complexity index is 1170. The van der Waals surface area contributed by atoms with Gasteiger partial charge in [0.05, 0.1) is 25.1 Å². The third kappa shape index (κ3) is 5.26. The van der Waals surface area contributed by atoms with E-state index in [9.17, 15) is 14.4 Å². The van der Waals surface area contributed by atoms with Crippen LogP contribution in [0.1, 0.15) is 24.5 Å². The number of hydrogen-bond donors (Lipinski definition) is 0. The highest BCUT2D eigenvalue weighted by atomic mass is 35.5. The van der Waals surface area contributed by atoms with Gasteiger partial charge < -0.3 is 9.64 Å². The van der Waals surface area contributed by atoms with Gasteiger partial charge in [0.2, 0.25) is 11.8 Å². The molecule has 1 unspecified atom stereocenters. The SMILES string of the molecule is CCOc1ccc(N2C(=O)CC(N(Cc3cccnc3)C(=O)Cc3ccc(Cl)cc3)C2=O)cc1. The van der Waals surface area contributed by atoms with Crippen LogP contribution in [0.15, 0.2) is 73.1 Å². The molecule has 7 nitrogen and oxygen atoms in total. The molecule has 3 amide bonds. The minimum atomic E-state index is -0.904. The highest BCUT2D eigenvalue weighted by Crippen LogP contribution is 2.28.